The highest BCUT2D eigenvalue weighted by Crippen LogP contribution is 2.20. The van der Waals surface area contributed by atoms with Crippen LogP contribution in [-0.2, 0) is 4.79 Å². The number of nitrogens with zero attached hydrogens (tertiary/aromatic N) is 1. The summed E-state index contributed by atoms with van der Waals surface area (Å²) < 4.78 is 13.2. The first kappa shape index (κ1) is 20.0. The fourth-order valence-corrected chi connectivity index (χ4v) is 2.33. The molecule has 1 amide bonds. The summed E-state index contributed by atoms with van der Waals surface area (Å²) in [5.41, 5.74) is 6.40. The molecule has 1 heterocycles. The van der Waals surface area contributed by atoms with Gasteiger partial charge in [-0.3, -0.25) is 4.79 Å². The lowest BCUT2D eigenvalue weighted by atomic mass is 10.0. The van der Waals surface area contributed by atoms with Gasteiger partial charge in [-0.1, -0.05) is 6.07 Å². The van der Waals surface area contributed by atoms with E-state index in [2.05, 4.69) is 10.2 Å². The van der Waals surface area contributed by atoms with Gasteiger partial charge >= 0.3 is 0 Å². The maximum absolute atomic E-state index is 13.2. The van der Waals surface area contributed by atoms with Crippen LogP contribution in [0.4, 0.5) is 10.1 Å². The van der Waals surface area contributed by atoms with Gasteiger partial charge in [0.25, 0.3) is 0 Å². The van der Waals surface area contributed by atoms with E-state index in [1.54, 1.807) is 13.0 Å². The molecule has 0 bridgehead atoms. The second-order valence-corrected chi connectivity index (χ2v) is 5.06. The van der Waals surface area contributed by atoms with E-state index in [1.165, 1.54) is 12.1 Å². The topological polar surface area (TPSA) is 58.4 Å². The number of rotatable bonds is 3. The Hall–Kier alpha value is -1.04. The van der Waals surface area contributed by atoms with E-state index in [4.69, 9.17) is 5.73 Å². The lowest BCUT2D eigenvalue weighted by Gasteiger charge is -2.35. The van der Waals surface area contributed by atoms with Crippen molar-refractivity contribution in [3.05, 3.63) is 30.1 Å². The standard InChI is InChI=1S/C14H20FN3O.2ClH/c1-10(16)14(19)17-12-5-3-7-18(9-12)13-6-2-4-11(15)8-13;;/h2,4,6,8,10,12H,3,5,7,9,16H2,1H3,(H,17,19);2*1H/t10-,12?;;/m1../s1. The fraction of sp³-hybridized carbons (Fsp3) is 0.500. The van der Waals surface area contributed by atoms with Crippen molar-refractivity contribution in [2.24, 2.45) is 5.73 Å². The summed E-state index contributed by atoms with van der Waals surface area (Å²) in [7, 11) is 0. The zero-order chi connectivity index (χ0) is 13.8. The predicted octanol–water partition coefficient (Wildman–Crippen LogP) is 2.10. The summed E-state index contributed by atoms with van der Waals surface area (Å²) in [6.07, 6.45) is 1.91. The van der Waals surface area contributed by atoms with E-state index in [0.29, 0.717) is 6.54 Å². The second-order valence-electron chi connectivity index (χ2n) is 5.06. The molecule has 4 nitrogen and oxygen atoms in total. The molecule has 1 saturated heterocycles. The number of anilines is 1. The van der Waals surface area contributed by atoms with Gasteiger partial charge in [0.1, 0.15) is 5.82 Å². The molecule has 1 aliphatic heterocycles. The Bertz CT molecular complexity index is 460. The van der Waals surface area contributed by atoms with E-state index in [9.17, 15) is 9.18 Å². The van der Waals surface area contributed by atoms with Gasteiger partial charge in [-0.2, -0.15) is 0 Å². The molecule has 0 aromatic heterocycles. The number of hydrogen-bond acceptors (Lipinski definition) is 3. The third-order valence-electron chi connectivity index (χ3n) is 3.35. The lowest BCUT2D eigenvalue weighted by Crippen LogP contribution is -2.51. The molecule has 0 aliphatic carbocycles. The first-order valence-corrected chi connectivity index (χ1v) is 6.63. The number of nitrogens with one attached hydrogen (secondary N) is 1. The van der Waals surface area contributed by atoms with Gasteiger partial charge in [0.2, 0.25) is 5.91 Å². The van der Waals surface area contributed by atoms with Crippen molar-refractivity contribution < 1.29 is 9.18 Å². The summed E-state index contributed by atoms with van der Waals surface area (Å²) in [5.74, 6) is -0.370. The van der Waals surface area contributed by atoms with Gasteiger partial charge < -0.3 is 16.0 Å². The van der Waals surface area contributed by atoms with Crippen molar-refractivity contribution in [2.45, 2.75) is 31.8 Å². The quantitative estimate of drug-likeness (QED) is 0.887. The predicted molar refractivity (Wildman–Crippen MR) is 87.9 cm³/mol. The highest BCUT2D eigenvalue weighted by Gasteiger charge is 2.22. The molecule has 0 spiro atoms. The minimum atomic E-state index is -0.496. The largest absolute Gasteiger partial charge is 0.369 e. The number of piperidine rings is 1. The Morgan fingerprint density at radius 3 is 2.81 bits per heavy atom. The fourth-order valence-electron chi connectivity index (χ4n) is 2.33. The van der Waals surface area contributed by atoms with Crippen LogP contribution in [0.5, 0.6) is 0 Å². The van der Waals surface area contributed by atoms with Crippen molar-refractivity contribution in [2.75, 3.05) is 18.0 Å². The molecule has 3 N–H and O–H groups in total. The maximum Gasteiger partial charge on any atom is 0.236 e. The number of halogens is 3. The van der Waals surface area contributed by atoms with Crippen LogP contribution in [0.1, 0.15) is 19.8 Å². The number of carbonyl (C=O) groups excluding carboxylic acids is 1. The van der Waals surface area contributed by atoms with Crippen LogP contribution < -0.4 is 16.0 Å². The molecule has 1 unspecified atom stereocenters. The average Bonchev–Trinajstić information content (AvgIpc) is 2.39. The molecule has 2 atom stereocenters. The van der Waals surface area contributed by atoms with Crippen LogP contribution in [0.3, 0.4) is 0 Å². The molecule has 1 aromatic carbocycles. The normalized spacial score (nSPS) is 19.0. The van der Waals surface area contributed by atoms with Gasteiger partial charge in [0, 0.05) is 24.8 Å². The third-order valence-corrected chi connectivity index (χ3v) is 3.35. The number of hydrogen-bond donors (Lipinski definition) is 2. The molecular weight excluding hydrogens is 316 g/mol. The van der Waals surface area contributed by atoms with E-state index in [-0.39, 0.29) is 42.6 Å². The number of benzene rings is 1. The van der Waals surface area contributed by atoms with Crippen molar-refractivity contribution in [3.63, 3.8) is 0 Å². The molecule has 21 heavy (non-hydrogen) atoms. The van der Waals surface area contributed by atoms with E-state index >= 15 is 0 Å². The number of carbonyl (C=O) groups is 1. The lowest BCUT2D eigenvalue weighted by molar-refractivity contribution is -0.122. The summed E-state index contributed by atoms with van der Waals surface area (Å²) in [4.78, 5) is 13.7. The highest BCUT2D eigenvalue weighted by molar-refractivity contribution is 5.85. The molecule has 1 aliphatic rings. The monoisotopic (exact) mass is 337 g/mol. The summed E-state index contributed by atoms with van der Waals surface area (Å²) in [5, 5.41) is 2.93. The SMILES string of the molecule is C[C@@H](N)C(=O)NC1CCCN(c2cccc(F)c2)C1.Cl.Cl. The van der Waals surface area contributed by atoms with Gasteiger partial charge in [-0.05, 0) is 38.0 Å². The minimum Gasteiger partial charge on any atom is -0.369 e. The molecule has 2 rings (SSSR count). The highest BCUT2D eigenvalue weighted by atomic mass is 35.5. The zero-order valence-corrected chi connectivity index (χ0v) is 13.6. The summed E-state index contributed by atoms with van der Waals surface area (Å²) in [6.45, 7) is 3.25. The minimum absolute atomic E-state index is 0. The molecule has 1 fully saturated rings. The summed E-state index contributed by atoms with van der Waals surface area (Å²) in [6, 6.07) is 6.13. The third kappa shape index (κ3) is 5.69. The Morgan fingerprint density at radius 2 is 2.19 bits per heavy atom. The molecule has 7 heteroatoms. The van der Waals surface area contributed by atoms with Crippen LogP contribution in [-0.4, -0.2) is 31.1 Å². The van der Waals surface area contributed by atoms with Crippen molar-refractivity contribution >= 4 is 36.4 Å². The zero-order valence-electron chi connectivity index (χ0n) is 11.9. The molecular formula is C14H22Cl2FN3O. The molecule has 120 valence electrons. The summed E-state index contributed by atoms with van der Waals surface area (Å²) >= 11 is 0. The Labute approximate surface area is 137 Å². The van der Waals surface area contributed by atoms with Crippen LogP contribution in [0, 0.1) is 5.82 Å². The average molecular weight is 338 g/mol. The van der Waals surface area contributed by atoms with Crippen molar-refractivity contribution in [3.8, 4) is 0 Å². The van der Waals surface area contributed by atoms with E-state index in [0.717, 1.165) is 25.1 Å². The van der Waals surface area contributed by atoms with Gasteiger partial charge in [0.05, 0.1) is 6.04 Å². The van der Waals surface area contributed by atoms with Crippen LogP contribution in [0.25, 0.3) is 0 Å². The van der Waals surface area contributed by atoms with Crippen LogP contribution in [0.2, 0.25) is 0 Å². The first-order chi connectivity index (χ1) is 9.06. The molecule has 0 saturated carbocycles. The maximum atomic E-state index is 13.2. The first-order valence-electron chi connectivity index (χ1n) is 6.63. The van der Waals surface area contributed by atoms with E-state index in [1.807, 2.05) is 6.07 Å². The van der Waals surface area contributed by atoms with Crippen molar-refractivity contribution in [1.82, 2.24) is 5.32 Å². The van der Waals surface area contributed by atoms with E-state index < -0.39 is 6.04 Å². The van der Waals surface area contributed by atoms with Crippen LogP contribution in [0.15, 0.2) is 24.3 Å². The van der Waals surface area contributed by atoms with Crippen LogP contribution >= 0.6 is 24.8 Å². The second kappa shape index (κ2) is 9.07. The Kier molecular flexibility index (Phi) is 8.63. The number of nitrogens with two attached hydrogens (primary N) is 1. The molecule has 0 radical (unpaired) electrons. The number of amides is 1. The Balaban J connectivity index is 0.00000200. The van der Waals surface area contributed by atoms with Gasteiger partial charge in [-0.15, -0.1) is 24.8 Å². The Morgan fingerprint density at radius 1 is 1.48 bits per heavy atom. The smallest absolute Gasteiger partial charge is 0.236 e. The van der Waals surface area contributed by atoms with Crippen molar-refractivity contribution in [1.29, 1.82) is 0 Å². The van der Waals surface area contributed by atoms with Gasteiger partial charge in [-0.25, -0.2) is 4.39 Å². The van der Waals surface area contributed by atoms with Gasteiger partial charge in [0.15, 0.2) is 0 Å². The molecule has 1 aromatic rings.